The molecule has 1 atom stereocenters. The Morgan fingerprint density at radius 2 is 2.16 bits per heavy atom. The summed E-state index contributed by atoms with van der Waals surface area (Å²) >= 11 is 5.79. The van der Waals surface area contributed by atoms with Crippen molar-refractivity contribution >= 4 is 23.5 Å². The van der Waals surface area contributed by atoms with E-state index in [9.17, 15) is 9.59 Å². The molecule has 0 heterocycles. The molecule has 5 nitrogen and oxygen atoms in total. The first-order chi connectivity index (χ1) is 8.91. The standard InChI is InChI=1S/C13H16ClNO4/c1-9(13(17)18)15(2)12(16)6-7-19-11-5-3-4-10(14)8-11/h3-5,8-9H,6-7H2,1-2H3,(H,17,18). The zero-order valence-electron chi connectivity index (χ0n) is 10.8. The van der Waals surface area contributed by atoms with E-state index in [-0.39, 0.29) is 18.9 Å². The molecule has 0 fully saturated rings. The van der Waals surface area contributed by atoms with Gasteiger partial charge in [0.2, 0.25) is 5.91 Å². The molecule has 19 heavy (non-hydrogen) atoms. The van der Waals surface area contributed by atoms with Crippen LogP contribution in [-0.4, -0.2) is 41.6 Å². The first-order valence-corrected chi connectivity index (χ1v) is 6.16. The van der Waals surface area contributed by atoms with Crippen LogP contribution in [0.2, 0.25) is 5.02 Å². The number of nitrogens with zero attached hydrogens (tertiary/aromatic N) is 1. The van der Waals surface area contributed by atoms with Crippen molar-refractivity contribution in [2.75, 3.05) is 13.7 Å². The zero-order valence-corrected chi connectivity index (χ0v) is 11.6. The van der Waals surface area contributed by atoms with Crippen LogP contribution in [0.5, 0.6) is 5.75 Å². The lowest BCUT2D eigenvalue weighted by Crippen LogP contribution is -2.40. The van der Waals surface area contributed by atoms with Gasteiger partial charge in [0.15, 0.2) is 0 Å². The van der Waals surface area contributed by atoms with Crippen molar-refractivity contribution in [3.8, 4) is 5.75 Å². The van der Waals surface area contributed by atoms with E-state index in [1.54, 1.807) is 24.3 Å². The van der Waals surface area contributed by atoms with Crippen LogP contribution in [-0.2, 0) is 9.59 Å². The Hall–Kier alpha value is -1.75. The van der Waals surface area contributed by atoms with E-state index >= 15 is 0 Å². The molecule has 0 aliphatic heterocycles. The number of halogens is 1. The zero-order chi connectivity index (χ0) is 14.4. The van der Waals surface area contributed by atoms with Crippen molar-refractivity contribution in [2.24, 2.45) is 0 Å². The maximum absolute atomic E-state index is 11.7. The van der Waals surface area contributed by atoms with Gasteiger partial charge in [0.05, 0.1) is 13.0 Å². The summed E-state index contributed by atoms with van der Waals surface area (Å²) < 4.78 is 5.37. The smallest absolute Gasteiger partial charge is 0.326 e. The van der Waals surface area contributed by atoms with Gasteiger partial charge in [0.1, 0.15) is 11.8 Å². The summed E-state index contributed by atoms with van der Waals surface area (Å²) in [5, 5.41) is 9.35. The van der Waals surface area contributed by atoms with Gasteiger partial charge >= 0.3 is 5.97 Å². The van der Waals surface area contributed by atoms with Crippen LogP contribution in [0.25, 0.3) is 0 Å². The number of carbonyl (C=O) groups is 2. The number of hydrogen-bond acceptors (Lipinski definition) is 3. The molecule has 0 aliphatic rings. The highest BCUT2D eigenvalue weighted by molar-refractivity contribution is 6.30. The number of amides is 1. The fourth-order valence-corrected chi connectivity index (χ4v) is 1.55. The van der Waals surface area contributed by atoms with Crippen LogP contribution < -0.4 is 4.74 Å². The van der Waals surface area contributed by atoms with Gasteiger partial charge in [0.25, 0.3) is 0 Å². The Morgan fingerprint density at radius 1 is 1.47 bits per heavy atom. The minimum atomic E-state index is -1.04. The second-order valence-electron chi connectivity index (χ2n) is 4.07. The third kappa shape index (κ3) is 4.79. The van der Waals surface area contributed by atoms with Gasteiger partial charge in [-0.2, -0.15) is 0 Å². The maximum atomic E-state index is 11.7. The van der Waals surface area contributed by atoms with Gasteiger partial charge in [0, 0.05) is 12.1 Å². The molecule has 1 aromatic rings. The predicted molar refractivity (Wildman–Crippen MR) is 71.4 cm³/mol. The molecule has 1 amide bonds. The third-order valence-electron chi connectivity index (χ3n) is 2.71. The molecule has 1 unspecified atom stereocenters. The molecule has 1 N–H and O–H groups in total. The fourth-order valence-electron chi connectivity index (χ4n) is 1.37. The Morgan fingerprint density at radius 3 is 2.74 bits per heavy atom. The summed E-state index contributed by atoms with van der Waals surface area (Å²) in [6.07, 6.45) is 0.112. The molecule has 0 aromatic heterocycles. The molecule has 0 saturated heterocycles. The van der Waals surface area contributed by atoms with Gasteiger partial charge in [-0.25, -0.2) is 4.79 Å². The molecule has 6 heteroatoms. The monoisotopic (exact) mass is 285 g/mol. The van der Waals surface area contributed by atoms with Crippen LogP contribution in [0.4, 0.5) is 0 Å². The van der Waals surface area contributed by atoms with Gasteiger partial charge < -0.3 is 14.7 Å². The van der Waals surface area contributed by atoms with Crippen molar-refractivity contribution in [2.45, 2.75) is 19.4 Å². The van der Waals surface area contributed by atoms with E-state index in [1.807, 2.05) is 0 Å². The second-order valence-corrected chi connectivity index (χ2v) is 4.51. The van der Waals surface area contributed by atoms with Gasteiger partial charge in [-0.1, -0.05) is 17.7 Å². The lowest BCUT2D eigenvalue weighted by molar-refractivity contribution is -0.148. The van der Waals surface area contributed by atoms with E-state index in [1.165, 1.54) is 18.9 Å². The molecular formula is C13H16ClNO4. The fraction of sp³-hybridized carbons (Fsp3) is 0.385. The van der Waals surface area contributed by atoms with Crippen LogP contribution in [0.15, 0.2) is 24.3 Å². The normalized spacial score (nSPS) is 11.7. The maximum Gasteiger partial charge on any atom is 0.326 e. The van der Waals surface area contributed by atoms with E-state index in [0.29, 0.717) is 10.8 Å². The Kier molecular flexibility index (Phi) is 5.63. The first kappa shape index (κ1) is 15.3. The van der Waals surface area contributed by atoms with Gasteiger partial charge in [-0.15, -0.1) is 0 Å². The lowest BCUT2D eigenvalue weighted by atomic mass is 10.2. The first-order valence-electron chi connectivity index (χ1n) is 5.78. The molecule has 0 bridgehead atoms. The van der Waals surface area contributed by atoms with Crippen LogP contribution in [0.1, 0.15) is 13.3 Å². The SMILES string of the molecule is CC(C(=O)O)N(C)C(=O)CCOc1cccc(Cl)c1. The Labute approximate surface area is 116 Å². The lowest BCUT2D eigenvalue weighted by Gasteiger charge is -2.21. The van der Waals surface area contributed by atoms with Gasteiger partial charge in [-0.3, -0.25) is 4.79 Å². The molecule has 0 saturated carbocycles. The third-order valence-corrected chi connectivity index (χ3v) is 2.95. The van der Waals surface area contributed by atoms with Crippen molar-refractivity contribution in [3.05, 3.63) is 29.3 Å². The second kappa shape index (κ2) is 6.99. The predicted octanol–water partition coefficient (Wildman–Crippen LogP) is 2.04. The van der Waals surface area contributed by atoms with E-state index in [4.69, 9.17) is 21.4 Å². The van der Waals surface area contributed by atoms with Gasteiger partial charge in [-0.05, 0) is 25.1 Å². The van der Waals surface area contributed by atoms with Crippen molar-refractivity contribution in [1.29, 1.82) is 0 Å². The number of rotatable bonds is 6. The number of hydrogen-bond donors (Lipinski definition) is 1. The van der Waals surface area contributed by atoms with Crippen LogP contribution >= 0.6 is 11.6 Å². The Bertz CT molecular complexity index is 464. The van der Waals surface area contributed by atoms with E-state index < -0.39 is 12.0 Å². The highest BCUT2D eigenvalue weighted by Crippen LogP contribution is 2.17. The largest absolute Gasteiger partial charge is 0.493 e. The molecule has 1 rings (SSSR count). The number of carboxylic acids is 1. The molecule has 0 radical (unpaired) electrons. The summed E-state index contributed by atoms with van der Waals surface area (Å²) in [6.45, 7) is 1.63. The minimum absolute atomic E-state index is 0.112. The van der Waals surface area contributed by atoms with E-state index in [2.05, 4.69) is 0 Å². The summed E-state index contributed by atoms with van der Waals surface area (Å²) in [4.78, 5) is 23.6. The molecule has 0 spiro atoms. The topological polar surface area (TPSA) is 66.8 Å². The molecule has 1 aromatic carbocycles. The number of ether oxygens (including phenoxy) is 1. The summed E-state index contributed by atoms with van der Waals surface area (Å²) in [6, 6.07) is 6.01. The molecule has 0 aliphatic carbocycles. The molecular weight excluding hydrogens is 270 g/mol. The van der Waals surface area contributed by atoms with E-state index in [0.717, 1.165) is 0 Å². The highest BCUT2D eigenvalue weighted by Gasteiger charge is 2.21. The van der Waals surface area contributed by atoms with Crippen molar-refractivity contribution in [1.82, 2.24) is 4.90 Å². The number of aliphatic carboxylic acids is 1. The average Bonchev–Trinajstić information content (AvgIpc) is 2.36. The van der Waals surface area contributed by atoms with Crippen molar-refractivity contribution < 1.29 is 19.4 Å². The summed E-state index contributed by atoms with van der Waals surface area (Å²) in [7, 11) is 1.46. The quantitative estimate of drug-likeness (QED) is 0.868. The van der Waals surface area contributed by atoms with Crippen LogP contribution in [0, 0.1) is 0 Å². The van der Waals surface area contributed by atoms with Crippen LogP contribution in [0.3, 0.4) is 0 Å². The summed E-state index contributed by atoms with van der Waals surface area (Å²) in [5.41, 5.74) is 0. The average molecular weight is 286 g/mol. The number of carboxylic acid groups (broad SMARTS) is 1. The molecule has 104 valence electrons. The minimum Gasteiger partial charge on any atom is -0.493 e. The Balaban J connectivity index is 2.41. The van der Waals surface area contributed by atoms with Crippen molar-refractivity contribution in [3.63, 3.8) is 0 Å². The highest BCUT2D eigenvalue weighted by atomic mass is 35.5. The number of benzene rings is 1. The summed E-state index contributed by atoms with van der Waals surface area (Å²) in [5.74, 6) is -0.738. The number of carbonyl (C=O) groups excluding carboxylic acids is 1. The number of likely N-dealkylation sites (N-methyl/N-ethyl adjacent to an activating group) is 1.